The van der Waals surface area contributed by atoms with Crippen molar-refractivity contribution >= 4 is 11.6 Å². The Hall–Kier alpha value is -0.600. The molecule has 102 valence electrons. The van der Waals surface area contributed by atoms with Gasteiger partial charge in [-0.2, -0.15) is 0 Å². The van der Waals surface area contributed by atoms with Crippen molar-refractivity contribution in [1.29, 1.82) is 0 Å². The first-order valence-corrected chi connectivity index (χ1v) is 7.23. The minimum Gasteiger partial charge on any atom is -0.314 e. The molecule has 0 bridgehead atoms. The molecule has 1 aromatic carbocycles. The fourth-order valence-electron chi connectivity index (χ4n) is 2.12. The summed E-state index contributed by atoms with van der Waals surface area (Å²) in [6.45, 7) is 5.40. The van der Waals surface area contributed by atoms with E-state index in [9.17, 15) is 4.39 Å². The minimum atomic E-state index is -0.317. The molecule has 0 aliphatic rings. The first-order chi connectivity index (χ1) is 8.69. The zero-order chi connectivity index (χ0) is 13.4. The highest BCUT2D eigenvalue weighted by atomic mass is 35.5. The molecule has 0 heterocycles. The highest BCUT2D eigenvalue weighted by Gasteiger charge is 2.10. The average molecular weight is 272 g/mol. The van der Waals surface area contributed by atoms with Gasteiger partial charge in [-0.05, 0) is 43.9 Å². The highest BCUT2D eigenvalue weighted by Crippen LogP contribution is 2.21. The van der Waals surface area contributed by atoms with Crippen LogP contribution in [0.1, 0.15) is 45.1 Å². The van der Waals surface area contributed by atoms with Crippen molar-refractivity contribution in [1.82, 2.24) is 5.32 Å². The summed E-state index contributed by atoms with van der Waals surface area (Å²) in [7, 11) is 0. The molecule has 1 rings (SSSR count). The molecule has 0 aliphatic heterocycles. The van der Waals surface area contributed by atoms with Gasteiger partial charge in [0.15, 0.2) is 0 Å². The van der Waals surface area contributed by atoms with Crippen LogP contribution in [-0.2, 0) is 6.42 Å². The van der Waals surface area contributed by atoms with E-state index in [1.54, 1.807) is 6.07 Å². The highest BCUT2D eigenvalue weighted by molar-refractivity contribution is 6.31. The van der Waals surface area contributed by atoms with E-state index in [0.29, 0.717) is 6.04 Å². The lowest BCUT2D eigenvalue weighted by Gasteiger charge is -2.18. The fraction of sp³-hybridized carbons (Fsp3) is 0.600. The van der Waals surface area contributed by atoms with Crippen molar-refractivity contribution in [2.75, 3.05) is 6.54 Å². The molecule has 0 saturated heterocycles. The summed E-state index contributed by atoms with van der Waals surface area (Å²) in [5.74, 6) is -0.317. The first kappa shape index (κ1) is 15.5. The topological polar surface area (TPSA) is 12.0 Å². The van der Waals surface area contributed by atoms with Gasteiger partial charge in [0.1, 0.15) is 5.82 Å². The zero-order valence-corrected chi connectivity index (χ0v) is 12.1. The zero-order valence-electron chi connectivity index (χ0n) is 11.3. The van der Waals surface area contributed by atoms with Crippen molar-refractivity contribution in [2.24, 2.45) is 0 Å². The number of halogens is 2. The monoisotopic (exact) mass is 271 g/mol. The maximum atomic E-state index is 13.3. The molecule has 0 aliphatic carbocycles. The summed E-state index contributed by atoms with van der Waals surface area (Å²) in [6, 6.07) is 5.55. The van der Waals surface area contributed by atoms with Crippen molar-refractivity contribution < 1.29 is 4.39 Å². The van der Waals surface area contributed by atoms with Gasteiger partial charge in [-0.15, -0.1) is 0 Å². The van der Waals surface area contributed by atoms with Crippen LogP contribution in [0.2, 0.25) is 5.02 Å². The molecule has 1 aromatic rings. The summed E-state index contributed by atoms with van der Waals surface area (Å²) >= 11 is 5.96. The van der Waals surface area contributed by atoms with E-state index in [0.717, 1.165) is 44.2 Å². The van der Waals surface area contributed by atoms with E-state index in [1.807, 2.05) is 6.07 Å². The first-order valence-electron chi connectivity index (χ1n) is 6.85. The molecule has 0 fully saturated rings. The Labute approximate surface area is 115 Å². The molecule has 0 saturated carbocycles. The second kappa shape index (κ2) is 8.49. The van der Waals surface area contributed by atoms with Gasteiger partial charge in [0.05, 0.1) is 5.02 Å². The Morgan fingerprint density at radius 2 is 2.00 bits per heavy atom. The quantitative estimate of drug-likeness (QED) is 0.730. The van der Waals surface area contributed by atoms with E-state index in [1.165, 1.54) is 6.07 Å². The van der Waals surface area contributed by atoms with Crippen LogP contribution in [0.15, 0.2) is 18.2 Å². The van der Waals surface area contributed by atoms with E-state index in [-0.39, 0.29) is 10.8 Å². The van der Waals surface area contributed by atoms with Gasteiger partial charge >= 0.3 is 0 Å². The van der Waals surface area contributed by atoms with Gasteiger partial charge in [-0.25, -0.2) is 4.39 Å². The molecule has 1 unspecified atom stereocenters. The molecule has 1 nitrogen and oxygen atoms in total. The third-order valence-electron chi connectivity index (χ3n) is 3.11. The van der Waals surface area contributed by atoms with Crippen LogP contribution < -0.4 is 5.32 Å². The van der Waals surface area contributed by atoms with Crippen LogP contribution in [0.3, 0.4) is 0 Å². The predicted molar refractivity (Wildman–Crippen MR) is 76.7 cm³/mol. The standard InChI is InChI=1S/C15H23ClFN/c1-3-6-13(18-11-4-2)10-9-12-7-5-8-14(17)15(12)16/h5,7-8,13,18H,3-4,6,9-11H2,1-2H3. The third kappa shape index (κ3) is 4.95. The molecule has 0 aromatic heterocycles. The fourth-order valence-corrected chi connectivity index (χ4v) is 2.34. The largest absolute Gasteiger partial charge is 0.314 e. The second-order valence-electron chi connectivity index (χ2n) is 4.69. The maximum absolute atomic E-state index is 13.3. The molecule has 18 heavy (non-hydrogen) atoms. The summed E-state index contributed by atoms with van der Waals surface area (Å²) in [5, 5.41) is 3.82. The molecule has 1 atom stereocenters. The number of hydrogen-bond acceptors (Lipinski definition) is 1. The van der Waals surface area contributed by atoms with Gasteiger partial charge in [-0.3, -0.25) is 0 Å². The van der Waals surface area contributed by atoms with Gasteiger partial charge in [0, 0.05) is 6.04 Å². The van der Waals surface area contributed by atoms with Crippen LogP contribution in [-0.4, -0.2) is 12.6 Å². The minimum absolute atomic E-state index is 0.281. The Morgan fingerprint density at radius 1 is 1.22 bits per heavy atom. The summed E-state index contributed by atoms with van der Waals surface area (Å²) in [4.78, 5) is 0. The molecule has 0 amide bonds. The van der Waals surface area contributed by atoms with Crippen molar-refractivity contribution in [3.05, 3.63) is 34.6 Å². The average Bonchev–Trinajstić information content (AvgIpc) is 2.37. The van der Waals surface area contributed by atoms with Crippen LogP contribution in [0, 0.1) is 5.82 Å². The van der Waals surface area contributed by atoms with Crippen molar-refractivity contribution in [3.63, 3.8) is 0 Å². The second-order valence-corrected chi connectivity index (χ2v) is 5.07. The molecule has 0 spiro atoms. The molecule has 3 heteroatoms. The normalized spacial score (nSPS) is 12.7. The van der Waals surface area contributed by atoms with Crippen LogP contribution in [0.4, 0.5) is 4.39 Å². The van der Waals surface area contributed by atoms with Gasteiger partial charge < -0.3 is 5.32 Å². The van der Waals surface area contributed by atoms with E-state index in [2.05, 4.69) is 19.2 Å². The number of hydrogen-bond donors (Lipinski definition) is 1. The summed E-state index contributed by atoms with van der Waals surface area (Å²) in [5.41, 5.74) is 0.913. The van der Waals surface area contributed by atoms with E-state index >= 15 is 0 Å². The van der Waals surface area contributed by atoms with Gasteiger partial charge in [0.2, 0.25) is 0 Å². The molecular formula is C15H23ClFN. The summed E-state index contributed by atoms with van der Waals surface area (Å²) < 4.78 is 13.3. The number of rotatable bonds is 8. The van der Waals surface area contributed by atoms with Gasteiger partial charge in [-0.1, -0.05) is 44.0 Å². The lowest BCUT2D eigenvalue weighted by Crippen LogP contribution is -2.30. The molecule has 0 radical (unpaired) electrons. The number of aryl methyl sites for hydroxylation is 1. The predicted octanol–water partition coefficient (Wildman–Crippen LogP) is 4.58. The Balaban J connectivity index is 2.52. The van der Waals surface area contributed by atoms with Crippen LogP contribution in [0.5, 0.6) is 0 Å². The Kier molecular flexibility index (Phi) is 7.29. The smallest absolute Gasteiger partial charge is 0.142 e. The number of benzene rings is 1. The van der Waals surface area contributed by atoms with Crippen molar-refractivity contribution in [2.45, 2.75) is 52.0 Å². The Bertz CT molecular complexity index is 354. The van der Waals surface area contributed by atoms with E-state index in [4.69, 9.17) is 11.6 Å². The number of nitrogens with one attached hydrogen (secondary N) is 1. The third-order valence-corrected chi connectivity index (χ3v) is 3.54. The van der Waals surface area contributed by atoms with E-state index < -0.39 is 0 Å². The summed E-state index contributed by atoms with van der Waals surface area (Å²) in [6.07, 6.45) is 5.31. The van der Waals surface area contributed by atoms with Crippen LogP contribution in [0.25, 0.3) is 0 Å². The SMILES string of the molecule is CCCNC(CCC)CCc1cccc(F)c1Cl. The van der Waals surface area contributed by atoms with Gasteiger partial charge in [0.25, 0.3) is 0 Å². The Morgan fingerprint density at radius 3 is 2.67 bits per heavy atom. The molecule has 1 N–H and O–H groups in total. The maximum Gasteiger partial charge on any atom is 0.142 e. The van der Waals surface area contributed by atoms with Crippen LogP contribution >= 0.6 is 11.6 Å². The molecular weight excluding hydrogens is 249 g/mol. The lowest BCUT2D eigenvalue weighted by atomic mass is 10.0. The lowest BCUT2D eigenvalue weighted by molar-refractivity contribution is 0.448. The van der Waals surface area contributed by atoms with Crippen molar-refractivity contribution in [3.8, 4) is 0 Å².